The highest BCUT2D eigenvalue weighted by Gasteiger charge is 2.36. The molecule has 1 aromatic rings. The first-order valence-electron chi connectivity index (χ1n) is 6.63. The van der Waals surface area contributed by atoms with E-state index in [1.807, 2.05) is 6.92 Å². The van der Waals surface area contributed by atoms with Gasteiger partial charge < -0.3 is 10.1 Å². The van der Waals surface area contributed by atoms with Crippen LogP contribution in [0.25, 0.3) is 0 Å². The molecule has 0 aromatic heterocycles. The molecule has 120 valence electrons. The van der Waals surface area contributed by atoms with Gasteiger partial charge in [0.05, 0.1) is 12.7 Å². The molecule has 0 unspecified atom stereocenters. The molecule has 21 heavy (non-hydrogen) atoms. The van der Waals surface area contributed by atoms with E-state index in [1.54, 1.807) is 6.07 Å². The third-order valence-corrected chi connectivity index (χ3v) is 3.72. The second-order valence-electron chi connectivity index (χ2n) is 4.91. The number of ether oxygens (including phenoxy) is 1. The zero-order valence-corrected chi connectivity index (χ0v) is 12.9. The topological polar surface area (TPSA) is 24.5 Å². The van der Waals surface area contributed by atoms with Gasteiger partial charge in [-0.3, -0.25) is 4.90 Å². The number of piperazine rings is 1. The van der Waals surface area contributed by atoms with Crippen LogP contribution in [0, 0.1) is 0 Å². The molecular weight excluding hydrogens is 305 g/mol. The van der Waals surface area contributed by atoms with Crippen molar-refractivity contribution in [3.63, 3.8) is 0 Å². The lowest BCUT2D eigenvalue weighted by atomic mass is 9.99. The van der Waals surface area contributed by atoms with E-state index < -0.39 is 11.7 Å². The first-order chi connectivity index (χ1) is 9.43. The van der Waals surface area contributed by atoms with Gasteiger partial charge in [-0.25, -0.2) is 0 Å². The van der Waals surface area contributed by atoms with Gasteiger partial charge in [0, 0.05) is 32.2 Å². The third kappa shape index (κ3) is 4.25. The fourth-order valence-corrected chi connectivity index (χ4v) is 2.54. The molecule has 0 saturated carbocycles. The number of halogens is 4. The van der Waals surface area contributed by atoms with Gasteiger partial charge in [-0.1, -0.05) is 6.07 Å². The van der Waals surface area contributed by atoms with Crippen molar-refractivity contribution in [3.05, 3.63) is 29.3 Å². The van der Waals surface area contributed by atoms with Crippen molar-refractivity contribution in [2.24, 2.45) is 0 Å². The van der Waals surface area contributed by atoms with Crippen LogP contribution >= 0.6 is 12.4 Å². The highest BCUT2D eigenvalue weighted by molar-refractivity contribution is 5.85. The second kappa shape index (κ2) is 7.33. The maximum atomic E-state index is 13.2. The molecule has 7 heteroatoms. The van der Waals surface area contributed by atoms with Gasteiger partial charge in [0.2, 0.25) is 0 Å². The standard InChI is InChI=1S/C14H19F3N2O.ClH/c1-10(19-7-5-18-6-8-19)12-4-3-11(20-2)9-13(12)14(15,16)17;/h3-4,9-10,18H,5-8H2,1-2H3;1H/t10-;/m1./s1. The number of alkyl halides is 3. The van der Waals surface area contributed by atoms with Gasteiger partial charge in [0.25, 0.3) is 0 Å². The monoisotopic (exact) mass is 324 g/mol. The molecule has 1 aromatic carbocycles. The molecule has 0 spiro atoms. The van der Waals surface area contributed by atoms with Crippen LogP contribution in [0.15, 0.2) is 18.2 Å². The summed E-state index contributed by atoms with van der Waals surface area (Å²) >= 11 is 0. The molecule has 1 aliphatic rings. The Kier molecular flexibility index (Phi) is 6.31. The Labute approximate surface area is 128 Å². The zero-order valence-electron chi connectivity index (χ0n) is 12.0. The summed E-state index contributed by atoms with van der Waals surface area (Å²) in [6, 6.07) is 3.92. The lowest BCUT2D eigenvalue weighted by Gasteiger charge is -2.34. The first-order valence-corrected chi connectivity index (χ1v) is 6.63. The van der Waals surface area contributed by atoms with Gasteiger partial charge in [-0.15, -0.1) is 12.4 Å². The maximum Gasteiger partial charge on any atom is 0.416 e. The Morgan fingerprint density at radius 2 is 1.86 bits per heavy atom. The van der Waals surface area contributed by atoms with Crippen molar-refractivity contribution in [1.82, 2.24) is 10.2 Å². The summed E-state index contributed by atoms with van der Waals surface area (Å²) in [6.45, 7) is 4.95. The van der Waals surface area contributed by atoms with E-state index in [0.717, 1.165) is 32.2 Å². The van der Waals surface area contributed by atoms with Crippen molar-refractivity contribution >= 4 is 12.4 Å². The number of rotatable bonds is 3. The Hall–Kier alpha value is -0.980. The number of methoxy groups -OCH3 is 1. The van der Waals surface area contributed by atoms with Gasteiger partial charge in [0.15, 0.2) is 0 Å². The molecule has 0 bridgehead atoms. The number of nitrogens with one attached hydrogen (secondary N) is 1. The Bertz CT molecular complexity index is 462. The van der Waals surface area contributed by atoms with E-state index in [-0.39, 0.29) is 24.2 Å². The summed E-state index contributed by atoms with van der Waals surface area (Å²) in [5, 5.41) is 3.20. The molecule has 1 saturated heterocycles. The molecule has 0 radical (unpaired) electrons. The van der Waals surface area contributed by atoms with E-state index in [1.165, 1.54) is 13.2 Å². The SMILES string of the molecule is COc1ccc([C@@H](C)N2CCNCC2)c(C(F)(F)F)c1.Cl. The molecule has 3 nitrogen and oxygen atoms in total. The average Bonchev–Trinajstić information content (AvgIpc) is 2.46. The zero-order chi connectivity index (χ0) is 14.8. The molecule has 1 fully saturated rings. The third-order valence-electron chi connectivity index (χ3n) is 3.72. The number of benzene rings is 1. The Balaban J connectivity index is 0.00000220. The van der Waals surface area contributed by atoms with Crippen molar-refractivity contribution in [3.8, 4) is 5.75 Å². The van der Waals surface area contributed by atoms with E-state index in [9.17, 15) is 13.2 Å². The van der Waals surface area contributed by atoms with E-state index in [4.69, 9.17) is 4.74 Å². The van der Waals surface area contributed by atoms with Crippen LogP contribution in [-0.2, 0) is 6.18 Å². The lowest BCUT2D eigenvalue weighted by Crippen LogP contribution is -2.44. The average molecular weight is 325 g/mol. The minimum Gasteiger partial charge on any atom is -0.497 e. The smallest absolute Gasteiger partial charge is 0.416 e. The Morgan fingerprint density at radius 1 is 1.24 bits per heavy atom. The minimum atomic E-state index is -4.37. The first kappa shape index (κ1) is 18.1. The number of hydrogen-bond acceptors (Lipinski definition) is 3. The van der Waals surface area contributed by atoms with Crippen molar-refractivity contribution < 1.29 is 17.9 Å². The predicted molar refractivity (Wildman–Crippen MR) is 78.1 cm³/mol. The van der Waals surface area contributed by atoms with Crippen LogP contribution in [0.1, 0.15) is 24.1 Å². The molecule has 1 heterocycles. The predicted octanol–water partition coefficient (Wildman–Crippen LogP) is 3.10. The van der Waals surface area contributed by atoms with E-state index >= 15 is 0 Å². The molecule has 0 amide bonds. The largest absolute Gasteiger partial charge is 0.497 e. The highest BCUT2D eigenvalue weighted by Crippen LogP contribution is 2.38. The fourth-order valence-electron chi connectivity index (χ4n) is 2.54. The molecule has 0 aliphatic carbocycles. The van der Waals surface area contributed by atoms with Crippen LogP contribution in [0.4, 0.5) is 13.2 Å². The summed E-state index contributed by atoms with van der Waals surface area (Å²) in [5.41, 5.74) is -0.303. The van der Waals surface area contributed by atoms with Gasteiger partial charge in [-0.05, 0) is 24.6 Å². The maximum absolute atomic E-state index is 13.2. The minimum absolute atomic E-state index is 0. The van der Waals surface area contributed by atoms with Crippen LogP contribution in [-0.4, -0.2) is 38.2 Å². The fraction of sp³-hybridized carbons (Fsp3) is 0.571. The van der Waals surface area contributed by atoms with Crippen LogP contribution in [0.5, 0.6) is 5.75 Å². The molecule has 2 rings (SSSR count). The second-order valence-corrected chi connectivity index (χ2v) is 4.91. The summed E-state index contributed by atoms with van der Waals surface area (Å²) in [5.74, 6) is 0.230. The molecule has 1 atom stereocenters. The van der Waals surface area contributed by atoms with E-state index in [2.05, 4.69) is 10.2 Å². The highest BCUT2D eigenvalue weighted by atomic mass is 35.5. The number of hydrogen-bond donors (Lipinski definition) is 1. The summed E-state index contributed by atoms with van der Waals surface area (Å²) in [4.78, 5) is 2.06. The summed E-state index contributed by atoms with van der Waals surface area (Å²) in [7, 11) is 1.37. The molecule has 1 N–H and O–H groups in total. The number of nitrogens with zero attached hydrogens (tertiary/aromatic N) is 1. The molecular formula is C14H20ClF3N2O. The van der Waals surface area contributed by atoms with Crippen molar-refractivity contribution in [1.29, 1.82) is 0 Å². The van der Waals surface area contributed by atoms with Crippen LogP contribution in [0.3, 0.4) is 0 Å². The van der Waals surface area contributed by atoms with Crippen LogP contribution < -0.4 is 10.1 Å². The quantitative estimate of drug-likeness (QED) is 0.924. The Morgan fingerprint density at radius 3 is 2.38 bits per heavy atom. The van der Waals surface area contributed by atoms with Crippen molar-refractivity contribution in [2.75, 3.05) is 33.3 Å². The van der Waals surface area contributed by atoms with Gasteiger partial charge in [-0.2, -0.15) is 13.2 Å². The normalized spacial score (nSPS) is 18.0. The van der Waals surface area contributed by atoms with Gasteiger partial charge >= 0.3 is 6.18 Å². The molecule has 1 aliphatic heterocycles. The van der Waals surface area contributed by atoms with Crippen LogP contribution in [0.2, 0.25) is 0 Å². The summed E-state index contributed by atoms with van der Waals surface area (Å²) in [6.07, 6.45) is -4.37. The summed E-state index contributed by atoms with van der Waals surface area (Å²) < 4.78 is 44.5. The van der Waals surface area contributed by atoms with E-state index in [0.29, 0.717) is 5.56 Å². The lowest BCUT2D eigenvalue weighted by molar-refractivity contribution is -0.138. The van der Waals surface area contributed by atoms with Gasteiger partial charge in [0.1, 0.15) is 5.75 Å². The van der Waals surface area contributed by atoms with Crippen molar-refractivity contribution in [2.45, 2.75) is 19.1 Å².